The molecular weight excluding hydrogens is 322 g/mol. The number of aryl methyl sites for hydroxylation is 2. The highest BCUT2D eigenvalue weighted by Gasteiger charge is 2.17. The average molecular weight is 338 g/mol. The van der Waals surface area contributed by atoms with Gasteiger partial charge in [0, 0.05) is 0 Å². The Labute approximate surface area is 125 Å². The molecule has 0 fully saturated rings. The number of nitrogens with zero attached hydrogens (tertiary/aromatic N) is 2. The predicted octanol–water partition coefficient (Wildman–Crippen LogP) is 2.66. The van der Waals surface area contributed by atoms with Crippen LogP contribution in [-0.2, 0) is 6.42 Å². The van der Waals surface area contributed by atoms with Crippen LogP contribution in [0.2, 0.25) is 0 Å². The molecule has 0 saturated heterocycles. The first kappa shape index (κ1) is 14.5. The van der Waals surface area contributed by atoms with Gasteiger partial charge in [0.25, 0.3) is 5.91 Å². The number of carbonyl (C=O) groups excluding carboxylic acids is 1. The van der Waals surface area contributed by atoms with E-state index in [-0.39, 0.29) is 11.6 Å². The average Bonchev–Trinajstić information content (AvgIpc) is 2.75. The van der Waals surface area contributed by atoms with Gasteiger partial charge < -0.3 is 11.1 Å². The Bertz CT molecular complexity index is 638. The smallest absolute Gasteiger partial charge is 0.278 e. The number of anilines is 2. The van der Waals surface area contributed by atoms with Crippen LogP contribution in [0.5, 0.6) is 0 Å². The Morgan fingerprint density at radius 2 is 2.25 bits per heavy atom. The number of amides is 1. The molecule has 0 radical (unpaired) electrons. The lowest BCUT2D eigenvalue weighted by Crippen LogP contribution is -2.15. The predicted molar refractivity (Wildman–Crippen MR) is 81.6 cm³/mol. The number of nitrogens with one attached hydrogen (secondary N) is 2. The normalized spacial score (nSPS) is 10.6. The number of nitrogen functional groups attached to an aromatic ring is 1. The van der Waals surface area contributed by atoms with Crippen LogP contribution in [0.15, 0.2) is 16.7 Å². The molecule has 0 aromatic carbocycles. The molecule has 0 atom stereocenters. The van der Waals surface area contributed by atoms with Crippen LogP contribution in [0.4, 0.5) is 11.4 Å². The molecule has 0 bridgehead atoms. The van der Waals surface area contributed by atoms with E-state index in [1.165, 1.54) is 0 Å². The van der Waals surface area contributed by atoms with Crippen LogP contribution in [0.1, 0.15) is 35.2 Å². The van der Waals surface area contributed by atoms with Gasteiger partial charge in [-0.2, -0.15) is 5.10 Å². The monoisotopic (exact) mass is 337 g/mol. The second-order valence-corrected chi connectivity index (χ2v) is 5.25. The molecule has 7 heteroatoms. The lowest BCUT2D eigenvalue weighted by molar-refractivity contribution is 0.102. The highest BCUT2D eigenvalue weighted by atomic mass is 79.9. The maximum absolute atomic E-state index is 12.2. The van der Waals surface area contributed by atoms with Crippen molar-refractivity contribution < 1.29 is 4.79 Å². The first-order chi connectivity index (χ1) is 9.52. The number of pyridine rings is 1. The number of hydrogen-bond acceptors (Lipinski definition) is 4. The van der Waals surface area contributed by atoms with E-state index in [2.05, 4.69) is 36.4 Å². The fourth-order valence-electron chi connectivity index (χ4n) is 1.84. The number of nitrogens with two attached hydrogens (primary N) is 1. The molecule has 2 aromatic heterocycles. The quantitative estimate of drug-likeness (QED) is 0.747. The highest BCUT2D eigenvalue weighted by molar-refractivity contribution is 9.10. The van der Waals surface area contributed by atoms with Gasteiger partial charge in [-0.05, 0) is 41.4 Å². The highest BCUT2D eigenvalue weighted by Crippen LogP contribution is 2.20. The number of aromatic nitrogens is 3. The van der Waals surface area contributed by atoms with E-state index in [1.807, 2.05) is 13.8 Å². The van der Waals surface area contributed by atoms with Gasteiger partial charge in [-0.1, -0.05) is 13.3 Å². The molecule has 1 amide bonds. The van der Waals surface area contributed by atoms with Gasteiger partial charge in [0.05, 0.1) is 22.8 Å². The second-order valence-electron chi connectivity index (χ2n) is 4.44. The zero-order valence-corrected chi connectivity index (χ0v) is 12.9. The Hall–Kier alpha value is -1.89. The van der Waals surface area contributed by atoms with Gasteiger partial charge in [0.1, 0.15) is 4.60 Å². The van der Waals surface area contributed by atoms with Gasteiger partial charge in [0.15, 0.2) is 5.69 Å². The SMILES string of the molecule is CCCc1[nH]nc(C(=O)Nc2ccc(Br)nc2C)c1N. The van der Waals surface area contributed by atoms with E-state index >= 15 is 0 Å². The minimum Gasteiger partial charge on any atom is -0.395 e. The molecule has 0 saturated carbocycles. The van der Waals surface area contributed by atoms with Crippen molar-refractivity contribution in [1.82, 2.24) is 15.2 Å². The summed E-state index contributed by atoms with van der Waals surface area (Å²) in [5.41, 5.74) is 8.71. The number of halogens is 1. The van der Waals surface area contributed by atoms with Crippen molar-refractivity contribution in [2.75, 3.05) is 11.1 Å². The molecule has 20 heavy (non-hydrogen) atoms. The summed E-state index contributed by atoms with van der Waals surface area (Å²) in [5.74, 6) is -0.340. The molecular formula is C13H16BrN5O. The summed E-state index contributed by atoms with van der Waals surface area (Å²) >= 11 is 3.28. The largest absolute Gasteiger partial charge is 0.395 e. The molecule has 0 aliphatic carbocycles. The summed E-state index contributed by atoms with van der Waals surface area (Å²) in [6.07, 6.45) is 1.70. The van der Waals surface area contributed by atoms with Crippen molar-refractivity contribution in [2.24, 2.45) is 0 Å². The van der Waals surface area contributed by atoms with Gasteiger partial charge in [0.2, 0.25) is 0 Å². The zero-order chi connectivity index (χ0) is 14.7. The molecule has 4 N–H and O–H groups in total. The molecule has 2 rings (SSSR count). The number of hydrogen-bond donors (Lipinski definition) is 3. The number of carbonyl (C=O) groups is 1. The molecule has 6 nitrogen and oxygen atoms in total. The van der Waals surface area contributed by atoms with Gasteiger partial charge >= 0.3 is 0 Å². The summed E-state index contributed by atoms with van der Waals surface area (Å²) in [7, 11) is 0. The topological polar surface area (TPSA) is 96.7 Å². The van der Waals surface area contributed by atoms with E-state index in [0.717, 1.165) is 28.8 Å². The van der Waals surface area contributed by atoms with Crippen LogP contribution in [0.25, 0.3) is 0 Å². The summed E-state index contributed by atoms with van der Waals surface area (Å²) in [6, 6.07) is 3.54. The van der Waals surface area contributed by atoms with E-state index in [4.69, 9.17) is 5.73 Å². The van der Waals surface area contributed by atoms with E-state index < -0.39 is 0 Å². The summed E-state index contributed by atoms with van der Waals surface area (Å²) in [5, 5.41) is 9.56. The molecule has 106 valence electrons. The van der Waals surface area contributed by atoms with Crippen LogP contribution < -0.4 is 11.1 Å². The Kier molecular flexibility index (Phi) is 4.39. The lowest BCUT2D eigenvalue weighted by Gasteiger charge is -2.07. The number of rotatable bonds is 4. The Morgan fingerprint density at radius 3 is 2.90 bits per heavy atom. The zero-order valence-electron chi connectivity index (χ0n) is 11.3. The van der Waals surface area contributed by atoms with Crippen molar-refractivity contribution in [3.63, 3.8) is 0 Å². The minimum atomic E-state index is -0.340. The summed E-state index contributed by atoms with van der Waals surface area (Å²) in [4.78, 5) is 16.4. The van der Waals surface area contributed by atoms with E-state index in [0.29, 0.717) is 11.4 Å². The third-order valence-electron chi connectivity index (χ3n) is 2.90. The van der Waals surface area contributed by atoms with E-state index in [1.54, 1.807) is 12.1 Å². The van der Waals surface area contributed by atoms with Crippen LogP contribution in [-0.4, -0.2) is 21.1 Å². The first-order valence-corrected chi connectivity index (χ1v) is 7.09. The first-order valence-electron chi connectivity index (χ1n) is 6.30. The molecule has 2 heterocycles. The molecule has 0 aliphatic rings. The maximum Gasteiger partial charge on any atom is 0.278 e. The fraction of sp³-hybridized carbons (Fsp3) is 0.308. The maximum atomic E-state index is 12.2. The van der Waals surface area contributed by atoms with Crippen molar-refractivity contribution in [3.8, 4) is 0 Å². The van der Waals surface area contributed by atoms with Crippen LogP contribution in [0.3, 0.4) is 0 Å². The van der Waals surface area contributed by atoms with Crippen molar-refractivity contribution >= 4 is 33.2 Å². The molecule has 0 spiro atoms. The van der Waals surface area contributed by atoms with Crippen molar-refractivity contribution in [3.05, 3.63) is 33.8 Å². The van der Waals surface area contributed by atoms with Gasteiger partial charge in [-0.15, -0.1) is 0 Å². The van der Waals surface area contributed by atoms with Gasteiger partial charge in [-0.25, -0.2) is 4.98 Å². The van der Waals surface area contributed by atoms with Gasteiger partial charge in [-0.3, -0.25) is 9.89 Å². The van der Waals surface area contributed by atoms with Crippen LogP contribution in [0, 0.1) is 6.92 Å². The van der Waals surface area contributed by atoms with Crippen molar-refractivity contribution in [2.45, 2.75) is 26.7 Å². The fourth-order valence-corrected chi connectivity index (χ4v) is 2.24. The van der Waals surface area contributed by atoms with E-state index in [9.17, 15) is 4.79 Å². The third kappa shape index (κ3) is 2.98. The molecule has 0 aliphatic heterocycles. The lowest BCUT2D eigenvalue weighted by atomic mass is 10.2. The summed E-state index contributed by atoms with van der Waals surface area (Å²) < 4.78 is 0.720. The Balaban J connectivity index is 2.20. The second kappa shape index (κ2) is 6.04. The number of H-pyrrole nitrogens is 1. The summed E-state index contributed by atoms with van der Waals surface area (Å²) in [6.45, 7) is 3.85. The van der Waals surface area contributed by atoms with Crippen LogP contribution >= 0.6 is 15.9 Å². The molecule has 0 unspecified atom stereocenters. The third-order valence-corrected chi connectivity index (χ3v) is 3.34. The standard InChI is InChI=1S/C13H16BrN5O/c1-3-4-9-11(15)12(19-18-9)13(20)17-8-5-6-10(14)16-7(8)2/h5-6H,3-4,15H2,1-2H3,(H,17,20)(H,18,19). The Morgan fingerprint density at radius 1 is 1.50 bits per heavy atom. The molecule has 2 aromatic rings. The number of aromatic amines is 1. The minimum absolute atomic E-state index is 0.218. The van der Waals surface area contributed by atoms with Crippen molar-refractivity contribution in [1.29, 1.82) is 0 Å².